The molecule has 1 aliphatic heterocycles. The Bertz CT molecular complexity index is 819. The maximum absolute atomic E-state index is 12.7. The summed E-state index contributed by atoms with van der Waals surface area (Å²) in [6.45, 7) is 1.91. The van der Waals surface area contributed by atoms with Crippen LogP contribution in [0.2, 0.25) is 0 Å². The van der Waals surface area contributed by atoms with E-state index in [1.54, 1.807) is 7.11 Å². The number of hydrogen-bond donors (Lipinski definition) is 1. The summed E-state index contributed by atoms with van der Waals surface area (Å²) in [6.07, 6.45) is 2.31. The van der Waals surface area contributed by atoms with Crippen molar-refractivity contribution in [3.05, 3.63) is 52.4 Å². The monoisotopic (exact) mass is 310 g/mol. The quantitative estimate of drug-likeness (QED) is 0.919. The molecule has 1 unspecified atom stereocenters. The molecule has 5 nitrogen and oxygen atoms in total. The predicted molar refractivity (Wildman–Crippen MR) is 85.6 cm³/mol. The maximum Gasteiger partial charge on any atom is 0.233 e. The molecule has 0 spiro atoms. The number of carbonyl (C=O) groups is 1. The van der Waals surface area contributed by atoms with Crippen molar-refractivity contribution in [1.29, 1.82) is 0 Å². The van der Waals surface area contributed by atoms with Crippen molar-refractivity contribution in [2.24, 2.45) is 0 Å². The molecule has 1 aliphatic carbocycles. The second-order valence-electron chi connectivity index (χ2n) is 5.98. The third-order valence-corrected chi connectivity index (χ3v) is 4.66. The van der Waals surface area contributed by atoms with Crippen molar-refractivity contribution in [2.45, 2.75) is 32.1 Å². The molecule has 1 aromatic carbocycles. The molecule has 0 bridgehead atoms. The molecule has 2 aromatic rings. The van der Waals surface area contributed by atoms with E-state index in [4.69, 9.17) is 9.26 Å². The molecule has 1 aromatic heterocycles. The Kier molecular flexibility index (Phi) is 3.22. The first-order valence-corrected chi connectivity index (χ1v) is 7.83. The van der Waals surface area contributed by atoms with E-state index in [0.29, 0.717) is 12.3 Å². The van der Waals surface area contributed by atoms with Crippen LogP contribution in [-0.2, 0) is 4.79 Å². The number of para-hydroxylation sites is 1. The number of fused-ring (bicyclic) bond motifs is 1. The molecule has 1 atom stereocenters. The largest absolute Gasteiger partial charge is 0.496 e. The number of nitrogens with one attached hydrogen (secondary N) is 1. The van der Waals surface area contributed by atoms with Crippen LogP contribution in [0, 0.1) is 6.92 Å². The van der Waals surface area contributed by atoms with Gasteiger partial charge in [-0.05, 0) is 25.8 Å². The van der Waals surface area contributed by atoms with E-state index in [0.717, 1.165) is 46.7 Å². The fourth-order valence-corrected chi connectivity index (χ4v) is 3.63. The Morgan fingerprint density at radius 1 is 1.30 bits per heavy atom. The summed E-state index contributed by atoms with van der Waals surface area (Å²) in [4.78, 5) is 12.7. The van der Waals surface area contributed by atoms with Crippen molar-refractivity contribution < 1.29 is 14.1 Å². The molecule has 0 saturated heterocycles. The van der Waals surface area contributed by atoms with Gasteiger partial charge in [0.1, 0.15) is 5.75 Å². The minimum Gasteiger partial charge on any atom is -0.496 e. The molecule has 4 rings (SSSR count). The lowest BCUT2D eigenvalue weighted by atomic mass is 9.76. The third-order valence-electron chi connectivity index (χ3n) is 4.66. The number of methoxy groups -OCH3 is 1. The minimum atomic E-state index is -0.184. The Morgan fingerprint density at radius 3 is 2.96 bits per heavy atom. The second kappa shape index (κ2) is 5.26. The van der Waals surface area contributed by atoms with Gasteiger partial charge in [-0.25, -0.2) is 0 Å². The van der Waals surface area contributed by atoms with E-state index < -0.39 is 0 Å². The minimum absolute atomic E-state index is 0.184. The Morgan fingerprint density at radius 2 is 2.13 bits per heavy atom. The van der Waals surface area contributed by atoms with Crippen molar-refractivity contribution in [2.75, 3.05) is 12.4 Å². The van der Waals surface area contributed by atoms with Crippen LogP contribution in [0.5, 0.6) is 5.75 Å². The number of aryl methyl sites for hydroxylation is 1. The van der Waals surface area contributed by atoms with E-state index in [2.05, 4.69) is 10.5 Å². The van der Waals surface area contributed by atoms with Crippen LogP contribution in [0.25, 0.3) is 0 Å². The number of aromatic nitrogens is 1. The highest BCUT2D eigenvalue weighted by atomic mass is 16.5. The van der Waals surface area contributed by atoms with Gasteiger partial charge in [0.2, 0.25) is 5.88 Å². The Labute approximate surface area is 134 Å². The normalized spacial score (nSPS) is 19.9. The van der Waals surface area contributed by atoms with Gasteiger partial charge in [0.05, 0.1) is 24.3 Å². The molecule has 0 saturated carbocycles. The highest BCUT2D eigenvalue weighted by molar-refractivity contribution is 6.01. The summed E-state index contributed by atoms with van der Waals surface area (Å²) in [6, 6.07) is 7.84. The molecule has 2 heterocycles. The maximum atomic E-state index is 12.7. The third kappa shape index (κ3) is 2.07. The molecular formula is C18H18N2O3. The van der Waals surface area contributed by atoms with Gasteiger partial charge in [0, 0.05) is 23.3 Å². The Balaban J connectivity index is 1.98. The van der Waals surface area contributed by atoms with Gasteiger partial charge < -0.3 is 14.6 Å². The van der Waals surface area contributed by atoms with Gasteiger partial charge >= 0.3 is 0 Å². The number of Topliss-reactive ketones (excluding diaryl/α,β-unsaturated/α-hetero) is 1. The predicted octanol–water partition coefficient (Wildman–Crippen LogP) is 3.56. The highest BCUT2D eigenvalue weighted by Crippen LogP contribution is 2.48. The van der Waals surface area contributed by atoms with Gasteiger partial charge in [-0.1, -0.05) is 23.4 Å². The number of rotatable bonds is 2. The summed E-state index contributed by atoms with van der Waals surface area (Å²) < 4.78 is 11.0. The van der Waals surface area contributed by atoms with Crippen LogP contribution in [-0.4, -0.2) is 18.0 Å². The molecule has 0 radical (unpaired) electrons. The molecular weight excluding hydrogens is 292 g/mol. The van der Waals surface area contributed by atoms with Gasteiger partial charge in [-0.2, -0.15) is 0 Å². The van der Waals surface area contributed by atoms with Crippen molar-refractivity contribution in [1.82, 2.24) is 5.16 Å². The lowest BCUT2D eigenvalue weighted by Crippen LogP contribution is -2.26. The van der Waals surface area contributed by atoms with Gasteiger partial charge in [-0.15, -0.1) is 0 Å². The molecule has 2 aliphatic rings. The lowest BCUT2D eigenvalue weighted by Gasteiger charge is -2.31. The summed E-state index contributed by atoms with van der Waals surface area (Å²) >= 11 is 0. The van der Waals surface area contributed by atoms with Crippen LogP contribution in [0.3, 0.4) is 0 Å². The zero-order valence-corrected chi connectivity index (χ0v) is 13.2. The van der Waals surface area contributed by atoms with E-state index in [1.807, 2.05) is 31.2 Å². The standard InChI is InChI=1S/C18H18N2O3/c1-10-15-16(11-6-3-4-9-14(11)22-2)17-12(7-5-8-13(17)21)19-18(15)23-20-10/h3-4,6,9,16,19H,5,7-8H2,1-2H3. The number of benzene rings is 1. The molecule has 0 amide bonds. The van der Waals surface area contributed by atoms with Crippen molar-refractivity contribution in [3.63, 3.8) is 0 Å². The number of ketones is 1. The number of ether oxygens (including phenoxy) is 1. The van der Waals surface area contributed by atoms with E-state index >= 15 is 0 Å². The Hall–Kier alpha value is -2.56. The number of anilines is 1. The van der Waals surface area contributed by atoms with Crippen LogP contribution in [0.4, 0.5) is 5.88 Å². The van der Waals surface area contributed by atoms with Crippen LogP contribution >= 0.6 is 0 Å². The van der Waals surface area contributed by atoms with Crippen LogP contribution in [0.1, 0.15) is 42.0 Å². The smallest absolute Gasteiger partial charge is 0.233 e. The molecule has 5 heteroatoms. The summed E-state index contributed by atoms with van der Waals surface area (Å²) in [7, 11) is 1.65. The van der Waals surface area contributed by atoms with Gasteiger partial charge in [0.15, 0.2) is 5.78 Å². The second-order valence-corrected chi connectivity index (χ2v) is 5.98. The van der Waals surface area contributed by atoms with E-state index in [9.17, 15) is 4.79 Å². The van der Waals surface area contributed by atoms with Gasteiger partial charge in [0.25, 0.3) is 0 Å². The zero-order chi connectivity index (χ0) is 16.0. The molecule has 23 heavy (non-hydrogen) atoms. The van der Waals surface area contributed by atoms with Crippen LogP contribution in [0.15, 0.2) is 40.1 Å². The summed E-state index contributed by atoms with van der Waals surface area (Å²) in [5.41, 5.74) is 4.50. The molecule has 1 N–H and O–H groups in total. The number of nitrogens with zero attached hydrogens (tertiary/aromatic N) is 1. The highest BCUT2D eigenvalue weighted by Gasteiger charge is 2.39. The fourth-order valence-electron chi connectivity index (χ4n) is 3.63. The van der Waals surface area contributed by atoms with Crippen molar-refractivity contribution >= 4 is 11.7 Å². The summed E-state index contributed by atoms with van der Waals surface area (Å²) in [5.74, 6) is 1.43. The summed E-state index contributed by atoms with van der Waals surface area (Å²) in [5, 5.41) is 7.37. The first kappa shape index (κ1) is 14.1. The first-order valence-electron chi connectivity index (χ1n) is 7.83. The van der Waals surface area contributed by atoms with E-state index in [1.165, 1.54) is 0 Å². The average molecular weight is 310 g/mol. The van der Waals surface area contributed by atoms with Crippen molar-refractivity contribution in [3.8, 4) is 5.75 Å². The number of carbonyl (C=O) groups excluding carboxylic acids is 1. The van der Waals surface area contributed by atoms with E-state index in [-0.39, 0.29) is 11.7 Å². The van der Waals surface area contributed by atoms with Gasteiger partial charge in [-0.3, -0.25) is 4.79 Å². The fraction of sp³-hybridized carbons (Fsp3) is 0.333. The molecule has 0 fully saturated rings. The topological polar surface area (TPSA) is 64.4 Å². The lowest BCUT2D eigenvalue weighted by molar-refractivity contribution is -0.116. The first-order chi connectivity index (χ1) is 11.2. The van der Waals surface area contributed by atoms with Crippen LogP contribution < -0.4 is 10.1 Å². The zero-order valence-electron chi connectivity index (χ0n) is 13.2. The molecule has 118 valence electrons. The average Bonchev–Trinajstić information content (AvgIpc) is 2.94. The number of hydrogen-bond acceptors (Lipinski definition) is 5. The number of allylic oxidation sites excluding steroid dienone is 2. The SMILES string of the molecule is COc1ccccc1C1C2=C(CCCC2=O)Nc2onc(C)c21.